The molecule has 1 heterocycles. The first-order valence-electron chi connectivity index (χ1n) is 10.7. The molecule has 3 amide bonds. The zero-order valence-electron chi connectivity index (χ0n) is 19.4. The van der Waals surface area contributed by atoms with Gasteiger partial charge in [-0.3, -0.25) is 4.79 Å². The number of likely N-dealkylation sites (tertiary alicyclic amines) is 1. The molecule has 2 aromatic rings. The molecule has 0 spiro atoms. The molecule has 9 heteroatoms. The van der Waals surface area contributed by atoms with Gasteiger partial charge in [-0.1, -0.05) is 23.7 Å². The molecule has 0 aliphatic carbocycles. The van der Waals surface area contributed by atoms with Gasteiger partial charge in [0.25, 0.3) is 0 Å². The number of anilines is 1. The van der Waals surface area contributed by atoms with E-state index in [1.165, 1.54) is 14.2 Å². The number of urea groups is 1. The van der Waals surface area contributed by atoms with Crippen LogP contribution in [0.1, 0.15) is 25.3 Å². The van der Waals surface area contributed by atoms with Gasteiger partial charge in [-0.15, -0.1) is 0 Å². The number of nitrogens with zero attached hydrogens (tertiary/aromatic N) is 1. The van der Waals surface area contributed by atoms with Gasteiger partial charge in [0.05, 0.1) is 37.5 Å². The Morgan fingerprint density at radius 1 is 1.09 bits per heavy atom. The third kappa shape index (κ3) is 5.82. The number of amides is 3. The standard InChI is InChI=1S/C24H30ClN3O5/c1-24(22(29)26-14-16-7-5-8-17(11-16)31-2)9-6-10-28(15-24)23(30)27-19-12-18(25)20(32-3)13-21(19)33-4/h5,7-8,11-13H,6,9-10,14-15H2,1-4H3,(H,26,29)(H,27,30)/t24-/m1/s1. The molecule has 8 nitrogen and oxygen atoms in total. The van der Waals surface area contributed by atoms with Crippen molar-refractivity contribution < 1.29 is 23.8 Å². The molecule has 1 fully saturated rings. The third-order valence-electron chi connectivity index (χ3n) is 5.83. The lowest BCUT2D eigenvalue weighted by Gasteiger charge is -2.39. The predicted octanol–water partition coefficient (Wildman–Crippen LogP) is 4.32. The van der Waals surface area contributed by atoms with Gasteiger partial charge in [-0.2, -0.15) is 0 Å². The number of halogens is 1. The molecule has 2 N–H and O–H groups in total. The van der Waals surface area contributed by atoms with E-state index in [-0.39, 0.29) is 11.9 Å². The van der Waals surface area contributed by atoms with Crippen LogP contribution in [0.4, 0.5) is 10.5 Å². The molecule has 178 valence electrons. The zero-order chi connectivity index (χ0) is 24.0. The number of hydrogen-bond acceptors (Lipinski definition) is 5. The maximum atomic E-state index is 13.0. The normalized spacial score (nSPS) is 17.8. The first-order chi connectivity index (χ1) is 15.8. The average molecular weight is 476 g/mol. The summed E-state index contributed by atoms with van der Waals surface area (Å²) in [6.07, 6.45) is 1.41. The Balaban J connectivity index is 1.65. The lowest BCUT2D eigenvalue weighted by Crippen LogP contribution is -2.52. The summed E-state index contributed by atoms with van der Waals surface area (Å²) in [6, 6.07) is 10.4. The highest BCUT2D eigenvalue weighted by Crippen LogP contribution is 2.36. The minimum Gasteiger partial charge on any atom is -0.497 e. The van der Waals surface area contributed by atoms with E-state index in [2.05, 4.69) is 10.6 Å². The van der Waals surface area contributed by atoms with E-state index in [4.69, 9.17) is 25.8 Å². The van der Waals surface area contributed by atoms with E-state index >= 15 is 0 Å². The summed E-state index contributed by atoms with van der Waals surface area (Å²) < 4.78 is 15.8. The largest absolute Gasteiger partial charge is 0.497 e. The Bertz CT molecular complexity index is 1020. The Labute approximate surface area is 199 Å². The molecule has 1 atom stereocenters. The van der Waals surface area contributed by atoms with Crippen LogP contribution in [-0.2, 0) is 11.3 Å². The molecule has 0 unspecified atom stereocenters. The fourth-order valence-electron chi connectivity index (χ4n) is 3.93. The number of carbonyl (C=O) groups excluding carboxylic acids is 2. The molecule has 0 aromatic heterocycles. The van der Waals surface area contributed by atoms with Gasteiger partial charge in [0.2, 0.25) is 5.91 Å². The molecule has 33 heavy (non-hydrogen) atoms. The molecule has 1 aliphatic heterocycles. The Morgan fingerprint density at radius 2 is 1.85 bits per heavy atom. The van der Waals surface area contributed by atoms with Crippen molar-refractivity contribution in [1.82, 2.24) is 10.2 Å². The number of benzene rings is 2. The fourth-order valence-corrected chi connectivity index (χ4v) is 4.17. The number of piperidine rings is 1. The number of methoxy groups -OCH3 is 3. The van der Waals surface area contributed by atoms with E-state index in [0.29, 0.717) is 48.3 Å². The molecule has 0 saturated carbocycles. The van der Waals surface area contributed by atoms with E-state index in [0.717, 1.165) is 17.7 Å². The van der Waals surface area contributed by atoms with E-state index < -0.39 is 5.41 Å². The topological polar surface area (TPSA) is 89.1 Å². The third-order valence-corrected chi connectivity index (χ3v) is 6.13. The summed E-state index contributed by atoms with van der Waals surface area (Å²) in [5.41, 5.74) is 0.680. The van der Waals surface area contributed by atoms with Crippen LogP contribution in [-0.4, -0.2) is 51.3 Å². The molecule has 1 saturated heterocycles. The summed E-state index contributed by atoms with van der Waals surface area (Å²) in [5, 5.41) is 6.21. The molecule has 1 aliphatic rings. The Morgan fingerprint density at radius 3 is 2.55 bits per heavy atom. The minimum absolute atomic E-state index is 0.0899. The summed E-state index contributed by atoms with van der Waals surface area (Å²) in [5.74, 6) is 1.53. The van der Waals surface area contributed by atoms with Crippen molar-refractivity contribution in [2.24, 2.45) is 5.41 Å². The smallest absolute Gasteiger partial charge is 0.321 e. The second-order valence-corrected chi connectivity index (χ2v) is 8.64. The van der Waals surface area contributed by atoms with Crippen LogP contribution in [0.25, 0.3) is 0 Å². The first-order valence-corrected chi connectivity index (χ1v) is 11.1. The van der Waals surface area contributed by atoms with Crippen molar-refractivity contribution in [2.75, 3.05) is 39.7 Å². The molecule has 3 rings (SSSR count). The maximum Gasteiger partial charge on any atom is 0.321 e. The second-order valence-electron chi connectivity index (χ2n) is 8.24. The molecular weight excluding hydrogens is 446 g/mol. The van der Waals surface area contributed by atoms with Crippen molar-refractivity contribution in [3.05, 3.63) is 47.0 Å². The number of ether oxygens (including phenoxy) is 3. The molecular formula is C24H30ClN3O5. The van der Waals surface area contributed by atoms with Gasteiger partial charge < -0.3 is 29.7 Å². The van der Waals surface area contributed by atoms with Gasteiger partial charge in [-0.25, -0.2) is 4.79 Å². The van der Waals surface area contributed by atoms with Crippen molar-refractivity contribution in [1.29, 1.82) is 0 Å². The van der Waals surface area contributed by atoms with E-state index in [1.807, 2.05) is 31.2 Å². The van der Waals surface area contributed by atoms with Crippen molar-refractivity contribution in [3.8, 4) is 17.2 Å². The number of hydrogen-bond donors (Lipinski definition) is 2. The highest BCUT2D eigenvalue weighted by molar-refractivity contribution is 6.32. The van der Waals surface area contributed by atoms with Crippen molar-refractivity contribution >= 4 is 29.2 Å². The molecule has 2 aromatic carbocycles. The quantitative estimate of drug-likeness (QED) is 0.622. The second kappa shape index (κ2) is 10.7. The summed E-state index contributed by atoms with van der Waals surface area (Å²) in [6.45, 7) is 3.13. The maximum absolute atomic E-state index is 13.0. The SMILES string of the molecule is COc1cccc(CNC(=O)[C@]2(C)CCCN(C(=O)Nc3cc(Cl)c(OC)cc3OC)C2)c1. The van der Waals surface area contributed by atoms with Crippen LogP contribution in [0, 0.1) is 5.41 Å². The van der Waals surface area contributed by atoms with Crippen LogP contribution in [0.2, 0.25) is 5.02 Å². The van der Waals surface area contributed by atoms with Crippen LogP contribution in [0.15, 0.2) is 36.4 Å². The van der Waals surface area contributed by atoms with Gasteiger partial charge in [0.1, 0.15) is 17.2 Å². The van der Waals surface area contributed by atoms with Crippen LogP contribution in [0.5, 0.6) is 17.2 Å². The van der Waals surface area contributed by atoms with Gasteiger partial charge in [-0.05, 0) is 43.5 Å². The fraction of sp³-hybridized carbons (Fsp3) is 0.417. The van der Waals surface area contributed by atoms with Crippen molar-refractivity contribution in [2.45, 2.75) is 26.3 Å². The van der Waals surface area contributed by atoms with Crippen LogP contribution in [0.3, 0.4) is 0 Å². The number of carbonyl (C=O) groups is 2. The highest BCUT2D eigenvalue weighted by Gasteiger charge is 2.39. The summed E-state index contributed by atoms with van der Waals surface area (Å²) in [4.78, 5) is 27.7. The molecule has 0 radical (unpaired) electrons. The first kappa shape index (κ1) is 24.5. The monoisotopic (exact) mass is 475 g/mol. The van der Waals surface area contributed by atoms with E-state index in [1.54, 1.807) is 24.1 Å². The Kier molecular flexibility index (Phi) is 7.92. The summed E-state index contributed by atoms with van der Waals surface area (Å²) in [7, 11) is 4.62. The number of rotatable bonds is 7. The van der Waals surface area contributed by atoms with Crippen molar-refractivity contribution in [3.63, 3.8) is 0 Å². The number of nitrogens with one attached hydrogen (secondary N) is 2. The minimum atomic E-state index is -0.698. The molecule has 0 bridgehead atoms. The van der Waals surface area contributed by atoms with Crippen LogP contribution >= 0.6 is 11.6 Å². The van der Waals surface area contributed by atoms with Gasteiger partial charge >= 0.3 is 6.03 Å². The van der Waals surface area contributed by atoms with Crippen LogP contribution < -0.4 is 24.8 Å². The Hall–Kier alpha value is -3.13. The van der Waals surface area contributed by atoms with E-state index in [9.17, 15) is 9.59 Å². The summed E-state index contributed by atoms with van der Waals surface area (Å²) >= 11 is 6.21. The average Bonchev–Trinajstić information content (AvgIpc) is 2.82. The van der Waals surface area contributed by atoms with Gasteiger partial charge in [0, 0.05) is 25.7 Å². The zero-order valence-corrected chi connectivity index (χ0v) is 20.1. The lowest BCUT2D eigenvalue weighted by molar-refractivity contribution is -0.132. The predicted molar refractivity (Wildman–Crippen MR) is 127 cm³/mol. The van der Waals surface area contributed by atoms with Gasteiger partial charge in [0.15, 0.2) is 0 Å². The lowest BCUT2D eigenvalue weighted by atomic mass is 9.81. The highest BCUT2D eigenvalue weighted by atomic mass is 35.5.